The summed E-state index contributed by atoms with van der Waals surface area (Å²) in [6, 6.07) is 9.73. The van der Waals surface area contributed by atoms with E-state index in [-0.39, 0.29) is 23.9 Å². The molecule has 3 heterocycles. The van der Waals surface area contributed by atoms with Gasteiger partial charge in [0.2, 0.25) is 11.8 Å². The van der Waals surface area contributed by atoms with E-state index in [0.29, 0.717) is 37.6 Å². The number of carbonyl (C=O) groups excluding carboxylic acids is 4. The van der Waals surface area contributed by atoms with E-state index in [1.165, 1.54) is 0 Å². The van der Waals surface area contributed by atoms with Crippen LogP contribution in [0.3, 0.4) is 0 Å². The number of morpholine rings is 1. The molecule has 2 aliphatic carbocycles. The lowest BCUT2D eigenvalue weighted by Crippen LogP contribution is -2.60. The zero-order valence-electron chi connectivity index (χ0n) is 24.9. The summed E-state index contributed by atoms with van der Waals surface area (Å²) >= 11 is 17.4. The number of imide groups is 2. The summed E-state index contributed by atoms with van der Waals surface area (Å²) in [5, 5.41) is 11.0. The second-order valence-electron chi connectivity index (χ2n) is 12.4. The average molecular weight is 773 g/mol. The third-order valence-corrected chi connectivity index (χ3v) is 12.0. The maximum absolute atomic E-state index is 14.3. The Hall–Kier alpha value is -3.33. The molecule has 2 aromatic rings. The Morgan fingerprint density at radius 2 is 1.62 bits per heavy atom. The Balaban J connectivity index is 1.31. The first-order valence-corrected chi connectivity index (χ1v) is 17.0. The fourth-order valence-electron chi connectivity index (χ4n) is 7.95. The molecule has 10 nitrogen and oxygen atoms in total. The SMILES string of the molecule is O=C1[C@H]2[C@H](CC=C3[C@H]2C[C@@]2(Cl)C(=O)N(CBr)C(=O)[C@@]2(Cl)[C@H]3c2cc(OC(F)(F)F)ccc2O)C(=O)N1c1ccc(N2CCOCC2)cc1. The second-order valence-corrected chi connectivity index (χ2v) is 14.1. The number of nitrogens with zero attached hydrogens (tertiary/aromatic N) is 3. The van der Waals surface area contributed by atoms with Crippen molar-refractivity contribution < 1.29 is 46.9 Å². The molecule has 5 aliphatic rings. The lowest BCUT2D eigenvalue weighted by Gasteiger charge is -2.50. The third-order valence-electron chi connectivity index (χ3n) is 10.0. The van der Waals surface area contributed by atoms with E-state index in [0.717, 1.165) is 33.7 Å². The number of allylic oxidation sites excluding steroid dienone is 2. The van der Waals surface area contributed by atoms with Gasteiger partial charge in [0.25, 0.3) is 11.8 Å². The number of phenols is 1. The van der Waals surface area contributed by atoms with E-state index in [1.54, 1.807) is 18.2 Å². The molecule has 1 saturated carbocycles. The highest BCUT2D eigenvalue weighted by molar-refractivity contribution is 9.09. The molecule has 254 valence electrons. The van der Waals surface area contributed by atoms with Gasteiger partial charge in [0.1, 0.15) is 11.5 Å². The molecule has 0 radical (unpaired) electrons. The summed E-state index contributed by atoms with van der Waals surface area (Å²) in [6.45, 7) is 2.55. The lowest BCUT2D eigenvalue weighted by atomic mass is 9.56. The van der Waals surface area contributed by atoms with Crippen molar-refractivity contribution in [3.8, 4) is 11.5 Å². The van der Waals surface area contributed by atoms with Crippen molar-refractivity contribution in [2.24, 2.45) is 17.8 Å². The van der Waals surface area contributed by atoms with Crippen molar-refractivity contribution in [3.05, 3.63) is 59.7 Å². The molecule has 3 aliphatic heterocycles. The molecule has 48 heavy (non-hydrogen) atoms. The van der Waals surface area contributed by atoms with Gasteiger partial charge < -0.3 is 19.5 Å². The molecule has 6 atom stereocenters. The zero-order valence-corrected chi connectivity index (χ0v) is 28.0. The summed E-state index contributed by atoms with van der Waals surface area (Å²) in [5.41, 5.74) is 1.02. The number of carbonyl (C=O) groups is 4. The topological polar surface area (TPSA) is 117 Å². The summed E-state index contributed by atoms with van der Waals surface area (Å²) in [7, 11) is 0. The van der Waals surface area contributed by atoms with Gasteiger partial charge in [-0.1, -0.05) is 27.6 Å². The molecule has 4 fully saturated rings. The molecule has 2 aromatic carbocycles. The number of halogens is 6. The predicted molar refractivity (Wildman–Crippen MR) is 170 cm³/mol. The molecule has 7 rings (SSSR count). The number of benzene rings is 2. The number of ether oxygens (including phenoxy) is 2. The van der Waals surface area contributed by atoms with Gasteiger partial charge >= 0.3 is 6.36 Å². The van der Waals surface area contributed by atoms with Crippen molar-refractivity contribution >= 4 is 74.1 Å². The highest BCUT2D eigenvalue weighted by atomic mass is 79.9. The van der Waals surface area contributed by atoms with E-state index >= 15 is 0 Å². The summed E-state index contributed by atoms with van der Waals surface area (Å²) in [4.78, 5) is 55.4. The Kier molecular flexibility index (Phi) is 8.04. The Morgan fingerprint density at radius 1 is 0.958 bits per heavy atom. The predicted octanol–water partition coefficient (Wildman–Crippen LogP) is 5.04. The number of phenolic OH excluding ortho intramolecular Hbond substituents is 1. The van der Waals surface area contributed by atoms with Gasteiger partial charge in [0.15, 0.2) is 9.75 Å². The molecule has 0 unspecified atom stereocenters. The van der Waals surface area contributed by atoms with Gasteiger partial charge in [0, 0.05) is 30.3 Å². The van der Waals surface area contributed by atoms with Crippen LogP contribution in [0, 0.1) is 17.8 Å². The molecule has 1 N–H and O–H groups in total. The summed E-state index contributed by atoms with van der Waals surface area (Å²) in [5.74, 6) is -8.34. The number of amides is 4. The summed E-state index contributed by atoms with van der Waals surface area (Å²) < 4.78 is 49.2. The number of fused-ring (bicyclic) bond motifs is 4. The number of likely N-dealkylation sites (tertiary alicyclic amines) is 1. The Bertz CT molecular complexity index is 1750. The number of alkyl halides is 6. The molecule has 16 heteroatoms. The van der Waals surface area contributed by atoms with Crippen LogP contribution in [0.1, 0.15) is 24.3 Å². The first-order chi connectivity index (χ1) is 22.7. The summed E-state index contributed by atoms with van der Waals surface area (Å²) in [6.07, 6.45) is -3.75. The number of hydrogen-bond donors (Lipinski definition) is 1. The highest BCUT2D eigenvalue weighted by Gasteiger charge is 2.76. The maximum Gasteiger partial charge on any atom is 0.573 e. The molecule has 0 spiro atoms. The minimum Gasteiger partial charge on any atom is -0.508 e. The second kappa shape index (κ2) is 11.6. The maximum atomic E-state index is 14.3. The minimum absolute atomic E-state index is 0.0337. The van der Waals surface area contributed by atoms with Crippen LogP contribution in [0.15, 0.2) is 54.1 Å². The van der Waals surface area contributed by atoms with E-state index in [2.05, 4.69) is 25.6 Å². The van der Waals surface area contributed by atoms with Crippen LogP contribution in [-0.4, -0.2) is 81.5 Å². The molecule has 0 bridgehead atoms. The van der Waals surface area contributed by atoms with Crippen LogP contribution in [-0.2, 0) is 23.9 Å². The van der Waals surface area contributed by atoms with Crippen molar-refractivity contribution in [1.29, 1.82) is 0 Å². The van der Waals surface area contributed by atoms with Gasteiger partial charge in [-0.3, -0.25) is 29.0 Å². The van der Waals surface area contributed by atoms with Crippen LogP contribution in [0.5, 0.6) is 11.5 Å². The molecule has 3 saturated heterocycles. The van der Waals surface area contributed by atoms with E-state index in [9.17, 15) is 37.5 Å². The molecular weight excluding hydrogens is 746 g/mol. The first kappa shape index (κ1) is 33.2. The van der Waals surface area contributed by atoms with Crippen LogP contribution in [0.2, 0.25) is 0 Å². The third kappa shape index (κ3) is 4.84. The largest absolute Gasteiger partial charge is 0.573 e. The van der Waals surface area contributed by atoms with Crippen LogP contribution >= 0.6 is 39.1 Å². The fraction of sp³-hybridized carbons (Fsp3) is 0.438. The quantitative estimate of drug-likeness (QED) is 0.195. The monoisotopic (exact) mass is 771 g/mol. The van der Waals surface area contributed by atoms with Crippen LogP contribution < -0.4 is 14.5 Å². The van der Waals surface area contributed by atoms with E-state index < -0.39 is 74.9 Å². The van der Waals surface area contributed by atoms with Gasteiger partial charge in [-0.05, 0) is 61.2 Å². The van der Waals surface area contributed by atoms with Gasteiger partial charge in [-0.15, -0.1) is 36.4 Å². The molecular formula is C32H27BrCl2F3N3O7. The van der Waals surface area contributed by atoms with E-state index in [4.69, 9.17) is 27.9 Å². The van der Waals surface area contributed by atoms with Crippen LogP contribution in [0.4, 0.5) is 24.5 Å². The fourth-order valence-corrected chi connectivity index (χ4v) is 9.37. The van der Waals surface area contributed by atoms with Crippen molar-refractivity contribution in [1.82, 2.24) is 4.90 Å². The minimum atomic E-state index is -5.08. The smallest absolute Gasteiger partial charge is 0.508 e. The number of anilines is 2. The Labute approximate surface area is 290 Å². The van der Waals surface area contributed by atoms with Crippen molar-refractivity contribution in [2.75, 3.05) is 41.6 Å². The lowest BCUT2D eigenvalue weighted by molar-refractivity contribution is -0.274. The van der Waals surface area contributed by atoms with Gasteiger partial charge in [-0.2, -0.15) is 0 Å². The normalized spacial score (nSPS) is 31.9. The van der Waals surface area contributed by atoms with Gasteiger partial charge in [0.05, 0.1) is 36.2 Å². The molecule has 0 aromatic heterocycles. The van der Waals surface area contributed by atoms with Crippen molar-refractivity contribution in [2.45, 2.75) is 34.9 Å². The van der Waals surface area contributed by atoms with Crippen LogP contribution in [0.25, 0.3) is 0 Å². The molecule has 4 amide bonds. The zero-order chi connectivity index (χ0) is 34.3. The highest BCUT2D eigenvalue weighted by Crippen LogP contribution is 2.66. The number of rotatable bonds is 5. The van der Waals surface area contributed by atoms with Gasteiger partial charge in [-0.25, -0.2) is 0 Å². The van der Waals surface area contributed by atoms with E-state index in [1.807, 2.05) is 12.1 Å². The first-order valence-electron chi connectivity index (χ1n) is 15.1. The Morgan fingerprint density at radius 3 is 2.27 bits per heavy atom. The number of hydrogen-bond acceptors (Lipinski definition) is 8. The number of aromatic hydroxyl groups is 1. The van der Waals surface area contributed by atoms with Crippen molar-refractivity contribution in [3.63, 3.8) is 0 Å². The standard InChI is InChI=1S/C32H27BrCl2F3N3O7/c33-15-40-28(45)30(34)14-22-19(25(31(30,35)29(40)46)21-13-18(5-8-23(21)42)48-32(36,37)38)6-7-20-24(22)27(44)41(26(20)43)17-3-1-16(2-4-17)39-9-11-47-12-10-39/h1-6,8,13,20,22,24-25,42H,7,9-12,14-15H2/t20-,22+,24-,25+,30+,31-/m0/s1. The average Bonchev–Trinajstić information content (AvgIpc) is 3.39.